The lowest BCUT2D eigenvalue weighted by molar-refractivity contribution is -0.129. The van der Waals surface area contributed by atoms with Crippen LogP contribution in [-0.4, -0.2) is 42.7 Å². The van der Waals surface area contributed by atoms with Gasteiger partial charge in [0.1, 0.15) is 5.75 Å². The van der Waals surface area contributed by atoms with Gasteiger partial charge in [-0.3, -0.25) is 9.59 Å². The van der Waals surface area contributed by atoms with E-state index in [9.17, 15) is 9.59 Å². The molecule has 1 N–H and O–H groups in total. The van der Waals surface area contributed by atoms with Crippen molar-refractivity contribution in [1.82, 2.24) is 10.2 Å². The lowest BCUT2D eigenvalue weighted by atomic mass is 9.77. The highest BCUT2D eigenvalue weighted by Crippen LogP contribution is 2.43. The van der Waals surface area contributed by atoms with Crippen LogP contribution < -0.4 is 10.1 Å². The summed E-state index contributed by atoms with van der Waals surface area (Å²) in [4.78, 5) is 27.4. The summed E-state index contributed by atoms with van der Waals surface area (Å²) in [6.45, 7) is 0.698. The average molecular weight is 549 g/mol. The monoisotopic (exact) mass is 548 g/mol. The molecule has 1 aliphatic carbocycles. The van der Waals surface area contributed by atoms with E-state index >= 15 is 0 Å². The highest BCUT2D eigenvalue weighted by Gasteiger charge is 2.38. The van der Waals surface area contributed by atoms with Crippen LogP contribution in [0.1, 0.15) is 66.8 Å². The first-order chi connectivity index (χ1) is 17.4. The molecule has 5 atom stereocenters. The van der Waals surface area contributed by atoms with Gasteiger partial charge in [-0.1, -0.05) is 60.7 Å². The lowest BCUT2D eigenvalue weighted by Gasteiger charge is -2.33. The number of methoxy groups -OCH3 is 1. The third kappa shape index (κ3) is 6.36. The molecule has 1 heterocycles. The largest absolute Gasteiger partial charge is 0.496 e. The highest BCUT2D eigenvalue weighted by atomic mass is 35.5. The van der Waals surface area contributed by atoms with Gasteiger partial charge in [0, 0.05) is 17.9 Å². The maximum atomic E-state index is 13.0. The molecule has 2 aromatic carbocycles. The molecular weight excluding hydrogens is 514 g/mol. The minimum Gasteiger partial charge on any atom is -0.496 e. The Morgan fingerprint density at radius 3 is 2.58 bits per heavy atom. The molecule has 1 saturated heterocycles. The zero-order valence-corrected chi connectivity index (χ0v) is 23.4. The Morgan fingerprint density at radius 2 is 1.81 bits per heavy atom. The van der Waals surface area contributed by atoms with Crippen molar-refractivity contribution in [3.63, 3.8) is 0 Å². The molecule has 36 heavy (non-hydrogen) atoms. The van der Waals surface area contributed by atoms with Crippen LogP contribution >= 0.6 is 32.4 Å². The number of likely N-dealkylation sites (tertiary alicyclic amines) is 1. The van der Waals surface area contributed by atoms with Crippen molar-refractivity contribution in [1.29, 1.82) is 0 Å². The maximum absolute atomic E-state index is 13.0. The van der Waals surface area contributed by atoms with Crippen molar-refractivity contribution < 1.29 is 14.3 Å². The van der Waals surface area contributed by atoms with Gasteiger partial charge < -0.3 is 15.0 Å². The zero-order valence-electron chi connectivity index (χ0n) is 20.7. The second-order valence-corrected chi connectivity index (χ2v) is 11.4. The van der Waals surface area contributed by atoms with Gasteiger partial charge in [0.2, 0.25) is 5.91 Å². The van der Waals surface area contributed by atoms with Gasteiger partial charge >= 0.3 is 0 Å². The predicted octanol–water partition coefficient (Wildman–Crippen LogP) is 6.54. The summed E-state index contributed by atoms with van der Waals surface area (Å²) in [5.74, 6) is 2.26. The zero-order chi connectivity index (χ0) is 25.7. The summed E-state index contributed by atoms with van der Waals surface area (Å²) in [5, 5.41) is 3.44. The normalized spacial score (nSPS) is 24.6. The molecule has 0 radical (unpaired) electrons. The maximum Gasteiger partial charge on any atom is 0.251 e. The minimum atomic E-state index is -0.333. The second kappa shape index (κ2) is 12.6. The number of hydrogen-bond acceptors (Lipinski definition) is 3. The van der Waals surface area contributed by atoms with Crippen molar-refractivity contribution in [2.75, 3.05) is 20.2 Å². The molecule has 3 unspecified atom stereocenters. The number of amides is 2. The van der Waals surface area contributed by atoms with Crippen LogP contribution in [0.3, 0.4) is 0 Å². The first kappa shape index (κ1) is 27.2. The van der Waals surface area contributed by atoms with Crippen molar-refractivity contribution in [3.05, 3.63) is 63.6 Å². The van der Waals surface area contributed by atoms with Crippen LogP contribution in [0, 0.1) is 11.8 Å². The summed E-state index contributed by atoms with van der Waals surface area (Å²) in [6, 6.07) is 13.1. The van der Waals surface area contributed by atoms with Crippen molar-refractivity contribution >= 4 is 44.3 Å². The van der Waals surface area contributed by atoms with Crippen molar-refractivity contribution in [3.8, 4) is 5.75 Å². The van der Waals surface area contributed by atoms with Gasteiger partial charge in [0.15, 0.2) is 0 Å². The summed E-state index contributed by atoms with van der Waals surface area (Å²) < 4.78 is 5.64. The van der Waals surface area contributed by atoms with Crippen LogP contribution in [0.4, 0.5) is 0 Å². The molecule has 2 fully saturated rings. The van der Waals surface area contributed by atoms with Gasteiger partial charge in [-0.05, 0) is 73.3 Å². The molecule has 5 nitrogen and oxygen atoms in total. The Kier molecular flexibility index (Phi) is 9.55. The number of para-hydroxylation sites is 1. The fourth-order valence-electron chi connectivity index (χ4n) is 5.89. The van der Waals surface area contributed by atoms with Crippen LogP contribution in [-0.2, 0) is 4.79 Å². The number of carbonyl (C=O) groups is 2. The van der Waals surface area contributed by atoms with Gasteiger partial charge in [-0.2, -0.15) is 0 Å². The molecule has 4 rings (SSSR count). The fourth-order valence-corrected chi connectivity index (χ4v) is 7.01. The topological polar surface area (TPSA) is 58.6 Å². The molecule has 2 amide bonds. The quantitative estimate of drug-likeness (QED) is 0.417. The SMILES string of the molecule is COc1ccccc1C1CCCC[C@H](C2CCN(C(=O)CNC(=O)c3ccc(Cl)c(Cl)c3)[C@H]2P)CC1. The standard InChI is InChI=1S/C28H35Cl2N2O3P/c1-35-25-9-5-4-8-21(25)18-6-2-3-7-19(11-10-18)22-14-15-32(28(22)36)26(33)17-31-27(34)20-12-13-23(29)24(30)16-20/h4-5,8-9,12-13,16,18-19,22,28H,2-3,6-7,10-11,14-15,17,36H2,1H3,(H,31,34)/t18?,19-,22?,28-/m0/s1. The number of nitrogens with one attached hydrogen (secondary N) is 1. The summed E-state index contributed by atoms with van der Waals surface area (Å²) in [5.41, 5.74) is 1.71. The molecule has 1 saturated carbocycles. The molecule has 1 aliphatic heterocycles. The van der Waals surface area contributed by atoms with E-state index in [0.717, 1.165) is 31.6 Å². The Morgan fingerprint density at radius 1 is 1.03 bits per heavy atom. The predicted molar refractivity (Wildman–Crippen MR) is 149 cm³/mol. The molecule has 8 heteroatoms. The van der Waals surface area contributed by atoms with Crippen molar-refractivity contribution in [2.24, 2.45) is 11.8 Å². The number of carbonyl (C=O) groups excluding carboxylic acids is 2. The first-order valence-electron chi connectivity index (χ1n) is 12.8. The van der Waals surface area contributed by atoms with Crippen LogP contribution in [0.5, 0.6) is 5.75 Å². The number of ether oxygens (including phenoxy) is 1. The molecule has 2 aliphatic rings. The Hall–Kier alpha value is -1.81. The molecular formula is C28H35Cl2N2O3P. The van der Waals surface area contributed by atoms with Crippen LogP contribution in [0.15, 0.2) is 42.5 Å². The second-order valence-electron chi connectivity index (χ2n) is 9.90. The Balaban J connectivity index is 1.33. The van der Waals surface area contributed by atoms with E-state index in [1.54, 1.807) is 19.2 Å². The van der Waals surface area contributed by atoms with E-state index < -0.39 is 0 Å². The molecule has 194 valence electrons. The summed E-state index contributed by atoms with van der Waals surface area (Å²) in [6.07, 6.45) is 8.16. The smallest absolute Gasteiger partial charge is 0.251 e. The molecule has 0 aromatic heterocycles. The summed E-state index contributed by atoms with van der Waals surface area (Å²) >= 11 is 11.9. The third-order valence-electron chi connectivity index (χ3n) is 7.85. The number of nitrogens with zero attached hydrogens (tertiary/aromatic N) is 1. The Labute approximate surface area is 226 Å². The fraction of sp³-hybridized carbons (Fsp3) is 0.500. The van der Waals surface area contributed by atoms with Gasteiger partial charge in [-0.25, -0.2) is 0 Å². The third-order valence-corrected chi connectivity index (χ3v) is 9.45. The van der Waals surface area contributed by atoms with E-state index in [2.05, 4.69) is 32.8 Å². The van der Waals surface area contributed by atoms with E-state index in [1.807, 2.05) is 11.0 Å². The average Bonchev–Trinajstić information content (AvgIpc) is 3.25. The molecule has 0 bridgehead atoms. The van der Waals surface area contributed by atoms with Crippen LogP contribution in [0.25, 0.3) is 0 Å². The van der Waals surface area contributed by atoms with Gasteiger partial charge in [0.25, 0.3) is 5.91 Å². The summed E-state index contributed by atoms with van der Waals surface area (Å²) in [7, 11) is 4.67. The minimum absolute atomic E-state index is 0.0305. The number of benzene rings is 2. The first-order valence-corrected chi connectivity index (χ1v) is 14.2. The van der Waals surface area contributed by atoms with E-state index in [1.165, 1.54) is 37.3 Å². The van der Waals surface area contributed by atoms with Gasteiger partial charge in [-0.15, -0.1) is 9.24 Å². The van der Waals surface area contributed by atoms with Crippen molar-refractivity contribution in [2.45, 2.75) is 56.6 Å². The van der Waals surface area contributed by atoms with Gasteiger partial charge in [0.05, 0.1) is 23.7 Å². The molecule has 0 spiro atoms. The van der Waals surface area contributed by atoms with E-state index in [-0.39, 0.29) is 24.1 Å². The highest BCUT2D eigenvalue weighted by molar-refractivity contribution is 7.17. The van der Waals surface area contributed by atoms with E-state index in [4.69, 9.17) is 27.9 Å². The number of halogens is 2. The number of hydrogen-bond donors (Lipinski definition) is 1. The molecule has 2 aromatic rings. The number of rotatable bonds is 6. The van der Waals surface area contributed by atoms with Crippen LogP contribution in [0.2, 0.25) is 10.0 Å². The lowest BCUT2D eigenvalue weighted by Crippen LogP contribution is -2.42. The van der Waals surface area contributed by atoms with E-state index in [0.29, 0.717) is 33.4 Å². The Bertz CT molecular complexity index is 1080.